The number of carbonyl (C=O) groups excluding carboxylic acids is 1. The number of halogens is 1. The predicted octanol–water partition coefficient (Wildman–Crippen LogP) is 1.22. The van der Waals surface area contributed by atoms with Gasteiger partial charge in [-0.1, -0.05) is 11.3 Å². The first-order valence-electron chi connectivity index (χ1n) is 5.07. The van der Waals surface area contributed by atoms with Gasteiger partial charge in [-0.3, -0.25) is 5.32 Å². The Morgan fingerprint density at radius 2 is 2.44 bits per heavy atom. The second kappa shape index (κ2) is 5.63. The van der Waals surface area contributed by atoms with Crippen LogP contribution in [0.1, 0.15) is 0 Å². The Labute approximate surface area is 115 Å². The highest BCUT2D eigenvalue weighted by atomic mass is 79.9. The first kappa shape index (κ1) is 13.2. The number of morpholine rings is 1. The summed E-state index contributed by atoms with van der Waals surface area (Å²) in [6.45, 7) is 0.582. The van der Waals surface area contributed by atoms with E-state index in [4.69, 9.17) is 9.84 Å². The lowest BCUT2D eigenvalue weighted by Gasteiger charge is -2.32. The van der Waals surface area contributed by atoms with Crippen LogP contribution in [0.2, 0.25) is 0 Å². The molecule has 98 valence electrons. The average Bonchev–Trinajstić information content (AvgIpc) is 2.74. The summed E-state index contributed by atoms with van der Waals surface area (Å²) in [6.07, 6.45) is 1.56. The van der Waals surface area contributed by atoms with Gasteiger partial charge < -0.3 is 14.7 Å². The number of nitrogens with one attached hydrogen (secondary N) is 1. The van der Waals surface area contributed by atoms with E-state index in [9.17, 15) is 9.59 Å². The third-order valence-electron chi connectivity index (χ3n) is 2.37. The molecule has 0 aliphatic carbocycles. The van der Waals surface area contributed by atoms with Crippen LogP contribution in [0.5, 0.6) is 0 Å². The molecule has 2 heterocycles. The third kappa shape index (κ3) is 2.98. The molecular formula is C9H10BrN3O4S. The molecule has 2 amide bonds. The second-order valence-corrected chi connectivity index (χ2v) is 5.93. The van der Waals surface area contributed by atoms with Crippen molar-refractivity contribution in [3.63, 3.8) is 0 Å². The molecule has 1 unspecified atom stereocenters. The molecule has 18 heavy (non-hydrogen) atoms. The molecule has 1 atom stereocenters. The molecule has 1 aliphatic heterocycles. The standard InChI is InChI=1S/C9H10BrN3O4S/c10-6-3-11-8(18-6)12-9(16)13-1-2-17-4-5(13)7(14)15/h3,5H,1-2,4H2,(H,14,15)(H,11,12,16). The summed E-state index contributed by atoms with van der Waals surface area (Å²) in [5.74, 6) is -1.08. The van der Waals surface area contributed by atoms with Gasteiger partial charge in [0, 0.05) is 6.54 Å². The van der Waals surface area contributed by atoms with Crippen LogP contribution in [0.25, 0.3) is 0 Å². The number of thiazole rings is 1. The molecule has 1 fully saturated rings. The smallest absolute Gasteiger partial charge is 0.328 e. The molecule has 1 aromatic rings. The van der Waals surface area contributed by atoms with E-state index in [-0.39, 0.29) is 13.2 Å². The molecule has 9 heteroatoms. The summed E-state index contributed by atoms with van der Waals surface area (Å²) in [7, 11) is 0. The molecule has 2 rings (SSSR count). The topological polar surface area (TPSA) is 91.8 Å². The number of amides is 2. The van der Waals surface area contributed by atoms with Gasteiger partial charge in [-0.2, -0.15) is 0 Å². The zero-order valence-electron chi connectivity index (χ0n) is 9.13. The third-order valence-corrected chi connectivity index (χ3v) is 3.76. The molecule has 1 saturated heterocycles. The van der Waals surface area contributed by atoms with Crippen LogP contribution >= 0.6 is 27.3 Å². The average molecular weight is 336 g/mol. The summed E-state index contributed by atoms with van der Waals surface area (Å²) < 4.78 is 5.84. The minimum Gasteiger partial charge on any atom is -0.480 e. The molecule has 0 radical (unpaired) electrons. The van der Waals surface area contributed by atoms with Crippen LogP contribution in [-0.2, 0) is 9.53 Å². The quantitative estimate of drug-likeness (QED) is 0.847. The van der Waals surface area contributed by atoms with Crippen LogP contribution in [0.3, 0.4) is 0 Å². The van der Waals surface area contributed by atoms with Crippen molar-refractivity contribution in [1.29, 1.82) is 0 Å². The summed E-state index contributed by atoms with van der Waals surface area (Å²) in [4.78, 5) is 28.1. The van der Waals surface area contributed by atoms with Gasteiger partial charge in [0.1, 0.15) is 0 Å². The molecule has 0 bridgehead atoms. The Hall–Kier alpha value is -1.19. The maximum Gasteiger partial charge on any atom is 0.328 e. The normalized spacial score (nSPS) is 19.6. The molecule has 0 aromatic carbocycles. The zero-order valence-corrected chi connectivity index (χ0v) is 11.5. The van der Waals surface area contributed by atoms with Gasteiger partial charge >= 0.3 is 12.0 Å². The number of rotatable bonds is 2. The van der Waals surface area contributed by atoms with Crippen molar-refractivity contribution < 1.29 is 19.4 Å². The Bertz CT molecular complexity index is 466. The maximum absolute atomic E-state index is 11.9. The van der Waals surface area contributed by atoms with Crippen molar-refractivity contribution in [1.82, 2.24) is 9.88 Å². The van der Waals surface area contributed by atoms with Crippen LogP contribution in [0.15, 0.2) is 9.98 Å². The summed E-state index contributed by atoms with van der Waals surface area (Å²) in [5.41, 5.74) is 0. The number of carboxylic acid groups (broad SMARTS) is 1. The number of aliphatic carboxylic acids is 1. The molecule has 1 aromatic heterocycles. The Balaban J connectivity index is 2.04. The lowest BCUT2D eigenvalue weighted by molar-refractivity contribution is -0.147. The number of anilines is 1. The number of aromatic nitrogens is 1. The summed E-state index contributed by atoms with van der Waals surface area (Å²) in [6, 6.07) is -1.44. The first-order valence-corrected chi connectivity index (χ1v) is 6.68. The van der Waals surface area contributed by atoms with E-state index in [1.807, 2.05) is 0 Å². The van der Waals surface area contributed by atoms with Crippen molar-refractivity contribution in [2.75, 3.05) is 25.1 Å². The van der Waals surface area contributed by atoms with E-state index in [1.165, 1.54) is 16.2 Å². The maximum atomic E-state index is 11.9. The largest absolute Gasteiger partial charge is 0.480 e. The number of carboxylic acids is 1. The van der Waals surface area contributed by atoms with Gasteiger partial charge in [0.25, 0.3) is 0 Å². The van der Waals surface area contributed by atoms with Gasteiger partial charge in [-0.25, -0.2) is 14.6 Å². The number of nitrogens with zero attached hydrogens (tertiary/aromatic N) is 2. The van der Waals surface area contributed by atoms with Crippen molar-refractivity contribution in [3.05, 3.63) is 9.98 Å². The van der Waals surface area contributed by atoms with Gasteiger partial charge in [-0.05, 0) is 15.9 Å². The lowest BCUT2D eigenvalue weighted by Crippen LogP contribution is -2.53. The minimum absolute atomic E-state index is 0.00428. The van der Waals surface area contributed by atoms with Gasteiger partial charge in [-0.15, -0.1) is 0 Å². The van der Waals surface area contributed by atoms with Crippen molar-refractivity contribution in [2.45, 2.75) is 6.04 Å². The van der Waals surface area contributed by atoms with E-state index in [2.05, 4.69) is 26.2 Å². The fraction of sp³-hybridized carbons (Fsp3) is 0.444. The fourth-order valence-electron chi connectivity index (χ4n) is 1.53. The number of hydrogen-bond acceptors (Lipinski definition) is 5. The number of hydrogen-bond donors (Lipinski definition) is 2. The monoisotopic (exact) mass is 335 g/mol. The number of carbonyl (C=O) groups is 2. The number of ether oxygens (including phenoxy) is 1. The highest BCUT2D eigenvalue weighted by Crippen LogP contribution is 2.23. The molecule has 0 saturated carbocycles. The zero-order chi connectivity index (χ0) is 13.1. The SMILES string of the molecule is O=C(O)C1COCCN1C(=O)Nc1ncc(Br)s1. The Morgan fingerprint density at radius 3 is 3.06 bits per heavy atom. The van der Waals surface area contributed by atoms with Gasteiger partial charge in [0.2, 0.25) is 0 Å². The summed E-state index contributed by atoms with van der Waals surface area (Å²) >= 11 is 4.49. The predicted molar refractivity (Wildman–Crippen MR) is 67.8 cm³/mol. The van der Waals surface area contributed by atoms with E-state index < -0.39 is 18.0 Å². The Kier molecular flexibility index (Phi) is 4.15. The molecule has 7 nitrogen and oxygen atoms in total. The van der Waals surface area contributed by atoms with Crippen LogP contribution in [0.4, 0.5) is 9.93 Å². The van der Waals surface area contributed by atoms with E-state index in [1.54, 1.807) is 6.20 Å². The van der Waals surface area contributed by atoms with Crippen LogP contribution in [-0.4, -0.2) is 52.8 Å². The number of urea groups is 1. The molecule has 2 N–H and O–H groups in total. The molecular weight excluding hydrogens is 326 g/mol. The lowest BCUT2D eigenvalue weighted by atomic mass is 10.2. The van der Waals surface area contributed by atoms with Crippen molar-refractivity contribution in [3.8, 4) is 0 Å². The minimum atomic E-state index is -1.08. The summed E-state index contributed by atoms with van der Waals surface area (Å²) in [5, 5.41) is 12.0. The van der Waals surface area contributed by atoms with Crippen LogP contribution in [0, 0.1) is 0 Å². The van der Waals surface area contributed by atoms with Gasteiger partial charge in [0.15, 0.2) is 11.2 Å². The van der Waals surface area contributed by atoms with E-state index in [0.717, 1.165) is 3.79 Å². The van der Waals surface area contributed by atoms with Gasteiger partial charge in [0.05, 0.1) is 23.2 Å². The first-order chi connectivity index (χ1) is 8.58. The fourth-order valence-corrected chi connectivity index (χ4v) is 2.62. The van der Waals surface area contributed by atoms with Crippen molar-refractivity contribution >= 4 is 44.4 Å². The Morgan fingerprint density at radius 1 is 1.67 bits per heavy atom. The molecule has 0 spiro atoms. The van der Waals surface area contributed by atoms with E-state index in [0.29, 0.717) is 11.7 Å². The highest BCUT2D eigenvalue weighted by Gasteiger charge is 2.33. The molecule has 1 aliphatic rings. The second-order valence-electron chi connectivity index (χ2n) is 3.52. The van der Waals surface area contributed by atoms with E-state index >= 15 is 0 Å². The van der Waals surface area contributed by atoms with Crippen LogP contribution < -0.4 is 5.32 Å². The highest BCUT2D eigenvalue weighted by molar-refractivity contribution is 9.11. The van der Waals surface area contributed by atoms with Crippen molar-refractivity contribution in [2.24, 2.45) is 0 Å².